The van der Waals surface area contributed by atoms with Gasteiger partial charge in [0.15, 0.2) is 0 Å². The molecule has 0 aliphatic rings. The molecule has 0 saturated carbocycles. The molecule has 1 rings (SSSR count). The summed E-state index contributed by atoms with van der Waals surface area (Å²) >= 11 is 4.11. The van der Waals surface area contributed by atoms with Gasteiger partial charge in [0.2, 0.25) is 0 Å². The maximum Gasteiger partial charge on any atom is 0.256 e. The van der Waals surface area contributed by atoms with Crippen LogP contribution in [0.15, 0.2) is 6.07 Å². The van der Waals surface area contributed by atoms with Crippen LogP contribution in [0.2, 0.25) is 0 Å². The van der Waals surface area contributed by atoms with Crippen molar-refractivity contribution in [1.29, 1.82) is 0 Å². The second-order valence-corrected chi connectivity index (χ2v) is 4.43. The quantitative estimate of drug-likeness (QED) is 0.296. The second kappa shape index (κ2) is 3.42. The summed E-state index contributed by atoms with van der Waals surface area (Å²) in [6.45, 7) is 3.89. The first-order chi connectivity index (χ1) is 5.04. The fourth-order valence-electron chi connectivity index (χ4n) is 0.850. The lowest BCUT2D eigenvalue weighted by Gasteiger charge is -2.05. The van der Waals surface area contributed by atoms with Crippen LogP contribution in [0.3, 0.4) is 0 Å². The zero-order valence-corrected chi connectivity index (χ0v) is 10.5. The maximum absolute atomic E-state index is 11.3. The van der Waals surface area contributed by atoms with Crippen molar-refractivity contribution in [2.75, 3.05) is 0 Å². The Morgan fingerprint density at radius 3 is 1.91 bits per heavy atom. The summed E-state index contributed by atoms with van der Waals surface area (Å²) in [4.78, 5) is 0. The molecule has 0 spiro atoms. The molecule has 4 heteroatoms. The number of hydrogen-bond acceptors (Lipinski definition) is 1. The minimum atomic E-state index is 0.762. The zero-order chi connectivity index (χ0) is 8.59. The molecule has 11 heavy (non-hydrogen) atoms. The Morgan fingerprint density at radius 1 is 1.18 bits per heavy atom. The van der Waals surface area contributed by atoms with Gasteiger partial charge in [0.25, 0.3) is 7.40 Å². The minimum Gasteiger partial charge on any atom is -0.617 e. The second-order valence-electron chi connectivity index (χ2n) is 2.39. The monoisotopic (exact) mass is 375 g/mol. The van der Waals surface area contributed by atoms with Gasteiger partial charge >= 0.3 is 0 Å². The summed E-state index contributed by atoms with van der Waals surface area (Å²) < 4.78 is 2.49. The predicted octanol–water partition coefficient (Wildman–Crippen LogP) is 2.15. The Balaban J connectivity index is 3.46. The smallest absolute Gasteiger partial charge is 0.256 e. The standard InChI is InChI=1S/C7H7I2NO/c1-4-3-5(2)7(9)10(11)6(4)8/h3H,1-2H3. The number of aryl methyl sites for hydroxylation is 2. The molecule has 1 aromatic heterocycles. The van der Waals surface area contributed by atoms with Crippen LogP contribution in [0.25, 0.3) is 0 Å². The SMILES string of the molecule is Cc1cc(C)c(I)[n+]([O-])c1I. The first-order valence-electron chi connectivity index (χ1n) is 3.09. The highest BCUT2D eigenvalue weighted by atomic mass is 127. The molecular weight excluding hydrogens is 368 g/mol. The summed E-state index contributed by atoms with van der Waals surface area (Å²) in [6, 6.07) is 2.03. The van der Waals surface area contributed by atoms with Gasteiger partial charge in [-0.3, -0.25) is 0 Å². The third kappa shape index (κ3) is 1.77. The van der Waals surface area contributed by atoms with Gasteiger partial charge in [-0.25, -0.2) is 0 Å². The van der Waals surface area contributed by atoms with Gasteiger partial charge in [0, 0.05) is 56.3 Å². The molecule has 0 N–H and O–H groups in total. The van der Waals surface area contributed by atoms with Crippen LogP contribution < -0.4 is 4.73 Å². The highest BCUT2D eigenvalue weighted by molar-refractivity contribution is 14.1. The molecule has 0 aliphatic carbocycles. The van der Waals surface area contributed by atoms with Crippen molar-refractivity contribution in [3.8, 4) is 0 Å². The molecule has 0 aliphatic heterocycles. The lowest BCUT2D eigenvalue weighted by atomic mass is 10.2. The van der Waals surface area contributed by atoms with E-state index in [4.69, 9.17) is 0 Å². The lowest BCUT2D eigenvalue weighted by molar-refractivity contribution is -0.633. The molecule has 2 nitrogen and oxygen atoms in total. The number of rotatable bonds is 0. The first kappa shape index (κ1) is 9.50. The molecule has 1 aromatic rings. The molecule has 60 valence electrons. The van der Waals surface area contributed by atoms with Crippen molar-refractivity contribution in [3.63, 3.8) is 0 Å². The summed E-state index contributed by atoms with van der Waals surface area (Å²) in [7, 11) is 0. The highest BCUT2D eigenvalue weighted by Gasteiger charge is 2.12. The van der Waals surface area contributed by atoms with E-state index in [0.29, 0.717) is 0 Å². The topological polar surface area (TPSA) is 26.9 Å². The van der Waals surface area contributed by atoms with E-state index in [2.05, 4.69) is 45.2 Å². The normalized spacial score (nSPS) is 10.2. The van der Waals surface area contributed by atoms with Crippen LogP contribution >= 0.6 is 45.2 Å². The number of pyridine rings is 1. The number of halogens is 2. The predicted molar refractivity (Wildman–Crippen MR) is 60.3 cm³/mol. The Morgan fingerprint density at radius 2 is 1.55 bits per heavy atom. The summed E-state index contributed by atoms with van der Waals surface area (Å²) in [5.41, 5.74) is 2.08. The van der Waals surface area contributed by atoms with Crippen LogP contribution in [-0.2, 0) is 0 Å². The maximum atomic E-state index is 11.3. The van der Waals surface area contributed by atoms with Crippen LogP contribution in [0.1, 0.15) is 11.1 Å². The molecule has 0 fully saturated rings. The molecule has 0 saturated heterocycles. The third-order valence-electron chi connectivity index (χ3n) is 1.44. The van der Waals surface area contributed by atoms with Crippen LogP contribution in [0.4, 0.5) is 0 Å². The largest absolute Gasteiger partial charge is 0.617 e. The lowest BCUT2D eigenvalue weighted by Crippen LogP contribution is -2.36. The van der Waals surface area contributed by atoms with Crippen LogP contribution in [0.5, 0.6) is 0 Å². The summed E-state index contributed by atoms with van der Waals surface area (Å²) in [5.74, 6) is 0. The van der Waals surface area contributed by atoms with Crippen molar-refractivity contribution >= 4 is 45.2 Å². The van der Waals surface area contributed by atoms with E-state index in [9.17, 15) is 5.21 Å². The zero-order valence-electron chi connectivity index (χ0n) is 6.19. The van der Waals surface area contributed by atoms with Crippen LogP contribution in [-0.4, -0.2) is 0 Å². The van der Waals surface area contributed by atoms with Crippen molar-refractivity contribution in [1.82, 2.24) is 0 Å². The van der Waals surface area contributed by atoms with Crippen molar-refractivity contribution in [2.45, 2.75) is 13.8 Å². The van der Waals surface area contributed by atoms with Gasteiger partial charge in [-0.2, -0.15) is 4.73 Å². The Labute approximate surface area is 92.9 Å². The van der Waals surface area contributed by atoms with Gasteiger partial charge in [-0.05, 0) is 19.9 Å². The number of nitrogens with zero attached hydrogens (tertiary/aromatic N) is 1. The number of aromatic nitrogens is 1. The Hall–Kier alpha value is 0.410. The van der Waals surface area contributed by atoms with E-state index in [0.717, 1.165) is 23.3 Å². The van der Waals surface area contributed by atoms with Crippen LogP contribution in [0, 0.1) is 26.5 Å². The Kier molecular flexibility index (Phi) is 2.96. The molecule has 0 amide bonds. The minimum absolute atomic E-state index is 0.762. The van der Waals surface area contributed by atoms with E-state index < -0.39 is 0 Å². The van der Waals surface area contributed by atoms with E-state index in [1.54, 1.807) is 0 Å². The van der Waals surface area contributed by atoms with Crippen molar-refractivity contribution < 1.29 is 4.73 Å². The number of hydrogen-bond donors (Lipinski definition) is 0. The van der Waals surface area contributed by atoms with Gasteiger partial charge < -0.3 is 5.21 Å². The van der Waals surface area contributed by atoms with Gasteiger partial charge in [0.05, 0.1) is 0 Å². The molecule has 0 bridgehead atoms. The molecule has 0 unspecified atom stereocenters. The molecule has 0 aromatic carbocycles. The molecule has 0 radical (unpaired) electrons. The van der Waals surface area contributed by atoms with Gasteiger partial charge in [0.1, 0.15) is 0 Å². The van der Waals surface area contributed by atoms with Gasteiger partial charge in [-0.15, -0.1) is 0 Å². The van der Waals surface area contributed by atoms with Crippen molar-refractivity contribution in [2.24, 2.45) is 0 Å². The fourth-order valence-corrected chi connectivity index (χ4v) is 2.11. The average molecular weight is 375 g/mol. The van der Waals surface area contributed by atoms with E-state index in [-0.39, 0.29) is 0 Å². The third-order valence-corrected chi connectivity index (χ3v) is 4.02. The Bertz CT molecular complexity index is 273. The average Bonchev–Trinajstić information content (AvgIpc) is 1.97. The van der Waals surface area contributed by atoms with E-state index in [1.165, 1.54) is 0 Å². The van der Waals surface area contributed by atoms with Gasteiger partial charge in [-0.1, -0.05) is 0 Å². The van der Waals surface area contributed by atoms with Crippen molar-refractivity contribution in [3.05, 3.63) is 29.8 Å². The molecular formula is C7H7I2NO. The first-order valence-corrected chi connectivity index (χ1v) is 5.24. The fraction of sp³-hybridized carbons (Fsp3) is 0.286. The molecule has 0 atom stereocenters. The molecule has 1 heterocycles. The summed E-state index contributed by atoms with van der Waals surface area (Å²) in [5, 5.41) is 11.3. The van der Waals surface area contributed by atoms with E-state index in [1.807, 2.05) is 19.9 Å². The summed E-state index contributed by atoms with van der Waals surface area (Å²) in [6.07, 6.45) is 0. The van der Waals surface area contributed by atoms with E-state index >= 15 is 0 Å². The highest BCUT2D eigenvalue weighted by Crippen LogP contribution is 2.12.